The number of ether oxygens (including phenoxy) is 1. The van der Waals surface area contributed by atoms with Crippen LogP contribution < -0.4 is 10.6 Å². The number of hydrogen-bond donors (Lipinski definition) is 2. The molecule has 166 valence electrons. The molecule has 0 fully saturated rings. The van der Waals surface area contributed by atoms with E-state index in [1.165, 1.54) is 16.4 Å². The van der Waals surface area contributed by atoms with Gasteiger partial charge in [-0.05, 0) is 55.8 Å². The first-order valence-electron chi connectivity index (χ1n) is 10.0. The number of aromatic nitrogens is 2. The fourth-order valence-corrected chi connectivity index (χ4v) is 3.48. The Hall–Kier alpha value is -3.59. The lowest BCUT2D eigenvalue weighted by Crippen LogP contribution is -2.18. The number of benzene rings is 2. The molecule has 0 spiro atoms. The minimum atomic E-state index is -0.487. The molecule has 8 nitrogen and oxygen atoms in total. The first kappa shape index (κ1) is 23.1. The minimum absolute atomic E-state index is 0.139. The number of carbonyl (C=O) groups is 3. The molecular weight excluding hydrogens is 428 g/mol. The SMILES string of the molecule is CCOC(=O)c1ccn(-c2cccc(NC(=O)CSCC(=O)Nc3cccc(C)c3)c2)n1. The number of esters is 1. The predicted octanol–water partition coefficient (Wildman–Crippen LogP) is 3.67. The number of nitrogens with zero attached hydrogens (tertiary/aromatic N) is 2. The standard InChI is InChI=1S/C23H24N4O4S/c1-3-31-23(30)20-10-11-27(26-20)19-9-5-8-18(13-19)25-22(29)15-32-14-21(28)24-17-7-4-6-16(2)12-17/h4-13H,3,14-15H2,1-2H3,(H,24,28)(H,25,29). The van der Waals surface area contributed by atoms with Crippen molar-refractivity contribution in [3.63, 3.8) is 0 Å². The molecule has 9 heteroatoms. The summed E-state index contributed by atoms with van der Waals surface area (Å²) in [5, 5.41) is 9.83. The molecule has 0 atom stereocenters. The molecule has 0 aliphatic carbocycles. The fourth-order valence-electron chi connectivity index (χ4n) is 2.86. The minimum Gasteiger partial charge on any atom is -0.461 e. The van der Waals surface area contributed by atoms with E-state index >= 15 is 0 Å². The van der Waals surface area contributed by atoms with E-state index in [1.807, 2.05) is 37.3 Å². The molecule has 0 radical (unpaired) electrons. The Morgan fingerprint density at radius 3 is 2.28 bits per heavy atom. The van der Waals surface area contributed by atoms with Crippen LogP contribution in [0.3, 0.4) is 0 Å². The second kappa shape index (κ2) is 11.1. The number of hydrogen-bond acceptors (Lipinski definition) is 6. The second-order valence-corrected chi connectivity index (χ2v) is 7.86. The Labute approximate surface area is 190 Å². The maximum atomic E-state index is 12.3. The topological polar surface area (TPSA) is 102 Å². The van der Waals surface area contributed by atoms with Crippen LogP contribution >= 0.6 is 11.8 Å². The van der Waals surface area contributed by atoms with Gasteiger partial charge in [0.2, 0.25) is 11.8 Å². The summed E-state index contributed by atoms with van der Waals surface area (Å²) in [5.74, 6) is -0.556. The van der Waals surface area contributed by atoms with Crippen molar-refractivity contribution in [3.8, 4) is 5.69 Å². The van der Waals surface area contributed by atoms with Crippen LogP contribution in [-0.4, -0.2) is 45.7 Å². The van der Waals surface area contributed by atoms with Crippen molar-refractivity contribution in [3.05, 3.63) is 72.1 Å². The highest BCUT2D eigenvalue weighted by Crippen LogP contribution is 2.16. The lowest BCUT2D eigenvalue weighted by molar-refractivity contribution is -0.114. The molecule has 2 aromatic carbocycles. The number of thioether (sulfide) groups is 1. The number of aryl methyl sites for hydroxylation is 1. The maximum Gasteiger partial charge on any atom is 0.358 e. The largest absolute Gasteiger partial charge is 0.461 e. The van der Waals surface area contributed by atoms with Gasteiger partial charge < -0.3 is 15.4 Å². The molecule has 1 heterocycles. The van der Waals surface area contributed by atoms with Crippen molar-refractivity contribution in [2.24, 2.45) is 0 Å². The number of rotatable bonds is 9. The Balaban J connectivity index is 1.49. The van der Waals surface area contributed by atoms with Gasteiger partial charge in [0.1, 0.15) is 0 Å². The van der Waals surface area contributed by atoms with Crippen LogP contribution in [0.15, 0.2) is 60.8 Å². The van der Waals surface area contributed by atoms with E-state index in [1.54, 1.807) is 37.4 Å². The van der Waals surface area contributed by atoms with Gasteiger partial charge in [-0.15, -0.1) is 11.8 Å². The molecule has 3 rings (SSSR count). The van der Waals surface area contributed by atoms with Crippen LogP contribution in [0.1, 0.15) is 23.0 Å². The van der Waals surface area contributed by atoms with Crippen molar-refractivity contribution >= 4 is 40.9 Å². The lowest BCUT2D eigenvalue weighted by Gasteiger charge is -2.08. The normalized spacial score (nSPS) is 10.4. The highest BCUT2D eigenvalue weighted by molar-refractivity contribution is 8.00. The van der Waals surface area contributed by atoms with Crippen molar-refractivity contribution in [1.29, 1.82) is 0 Å². The van der Waals surface area contributed by atoms with Crippen LogP contribution in [0.5, 0.6) is 0 Å². The first-order chi connectivity index (χ1) is 15.4. The third kappa shape index (κ3) is 6.71. The van der Waals surface area contributed by atoms with E-state index in [9.17, 15) is 14.4 Å². The van der Waals surface area contributed by atoms with E-state index < -0.39 is 5.97 Å². The zero-order chi connectivity index (χ0) is 22.9. The van der Waals surface area contributed by atoms with Gasteiger partial charge in [0.25, 0.3) is 0 Å². The van der Waals surface area contributed by atoms with Crippen LogP contribution in [0.2, 0.25) is 0 Å². The first-order valence-corrected chi connectivity index (χ1v) is 11.2. The molecule has 3 aromatic rings. The molecule has 0 saturated carbocycles. The van der Waals surface area contributed by atoms with E-state index in [2.05, 4.69) is 15.7 Å². The maximum absolute atomic E-state index is 12.3. The molecule has 0 unspecified atom stereocenters. The molecule has 0 aliphatic rings. The van der Waals surface area contributed by atoms with Crippen molar-refractivity contribution < 1.29 is 19.1 Å². The second-order valence-electron chi connectivity index (χ2n) is 6.87. The smallest absolute Gasteiger partial charge is 0.358 e. The van der Waals surface area contributed by atoms with Gasteiger partial charge in [0.05, 0.1) is 23.8 Å². The Kier molecular flexibility index (Phi) is 8.04. The van der Waals surface area contributed by atoms with Crippen molar-refractivity contribution in [2.45, 2.75) is 13.8 Å². The summed E-state index contributed by atoms with van der Waals surface area (Å²) in [7, 11) is 0. The van der Waals surface area contributed by atoms with Gasteiger partial charge in [-0.25, -0.2) is 9.48 Å². The predicted molar refractivity (Wildman–Crippen MR) is 125 cm³/mol. The highest BCUT2D eigenvalue weighted by Gasteiger charge is 2.12. The zero-order valence-electron chi connectivity index (χ0n) is 17.8. The average Bonchev–Trinajstić information content (AvgIpc) is 3.25. The summed E-state index contributed by atoms with van der Waals surface area (Å²) in [6, 6.07) is 16.2. The average molecular weight is 453 g/mol. The molecule has 0 saturated heterocycles. The third-order valence-electron chi connectivity index (χ3n) is 4.24. The Morgan fingerprint density at radius 2 is 1.62 bits per heavy atom. The molecule has 2 amide bonds. The summed E-state index contributed by atoms with van der Waals surface area (Å²) in [6.45, 7) is 3.96. The molecule has 32 heavy (non-hydrogen) atoms. The molecule has 0 aliphatic heterocycles. The van der Waals surface area contributed by atoms with E-state index in [0.717, 1.165) is 11.3 Å². The number of amides is 2. The van der Waals surface area contributed by atoms with Gasteiger partial charge in [0, 0.05) is 17.6 Å². The van der Waals surface area contributed by atoms with Gasteiger partial charge in [0.15, 0.2) is 5.69 Å². The zero-order valence-corrected chi connectivity index (χ0v) is 18.6. The van der Waals surface area contributed by atoms with Gasteiger partial charge in [-0.1, -0.05) is 18.2 Å². The number of nitrogens with one attached hydrogen (secondary N) is 2. The highest BCUT2D eigenvalue weighted by atomic mass is 32.2. The summed E-state index contributed by atoms with van der Waals surface area (Å²) in [4.78, 5) is 36.1. The summed E-state index contributed by atoms with van der Waals surface area (Å²) in [6.07, 6.45) is 1.65. The van der Waals surface area contributed by atoms with Crippen LogP contribution in [0.4, 0.5) is 11.4 Å². The molecular formula is C23H24N4O4S. The third-order valence-corrected chi connectivity index (χ3v) is 5.17. The monoisotopic (exact) mass is 452 g/mol. The quantitative estimate of drug-likeness (QED) is 0.480. The molecule has 2 N–H and O–H groups in total. The summed E-state index contributed by atoms with van der Waals surface area (Å²) < 4.78 is 6.48. The lowest BCUT2D eigenvalue weighted by atomic mass is 10.2. The number of anilines is 2. The Bertz CT molecular complexity index is 1110. The van der Waals surface area contributed by atoms with Gasteiger partial charge >= 0.3 is 5.97 Å². The van der Waals surface area contributed by atoms with Gasteiger partial charge in [-0.3, -0.25) is 9.59 Å². The summed E-state index contributed by atoms with van der Waals surface area (Å²) in [5.41, 5.74) is 3.28. The fraction of sp³-hybridized carbons (Fsp3) is 0.217. The van der Waals surface area contributed by atoms with Crippen molar-refractivity contribution in [2.75, 3.05) is 28.7 Å². The van der Waals surface area contributed by atoms with Crippen LogP contribution in [0, 0.1) is 6.92 Å². The van der Waals surface area contributed by atoms with E-state index in [4.69, 9.17) is 4.74 Å². The van der Waals surface area contributed by atoms with Crippen LogP contribution in [0.25, 0.3) is 5.69 Å². The van der Waals surface area contributed by atoms with Crippen LogP contribution in [-0.2, 0) is 14.3 Å². The molecule has 0 bridgehead atoms. The van der Waals surface area contributed by atoms with E-state index in [0.29, 0.717) is 11.4 Å². The number of carbonyl (C=O) groups excluding carboxylic acids is 3. The van der Waals surface area contributed by atoms with E-state index in [-0.39, 0.29) is 35.6 Å². The molecule has 1 aromatic heterocycles. The van der Waals surface area contributed by atoms with Gasteiger partial charge in [-0.2, -0.15) is 5.10 Å². The Morgan fingerprint density at radius 1 is 0.969 bits per heavy atom. The summed E-state index contributed by atoms with van der Waals surface area (Å²) >= 11 is 1.23. The van der Waals surface area contributed by atoms with Crippen molar-refractivity contribution in [1.82, 2.24) is 9.78 Å².